The number of fused-ring (bicyclic) bond motifs is 1. The predicted molar refractivity (Wildman–Crippen MR) is 52.7 cm³/mol. The van der Waals surface area contributed by atoms with Gasteiger partial charge in [-0.05, 0) is 18.1 Å². The summed E-state index contributed by atoms with van der Waals surface area (Å²) in [6.07, 6.45) is 0.209. The Kier molecular flexibility index (Phi) is 2.36. The van der Waals surface area contributed by atoms with Crippen LogP contribution in [0.3, 0.4) is 0 Å². The summed E-state index contributed by atoms with van der Waals surface area (Å²) in [5.41, 5.74) is -0.203. The van der Waals surface area contributed by atoms with Gasteiger partial charge in [-0.25, -0.2) is 9.18 Å². The molecule has 0 unspecified atom stereocenters. The van der Waals surface area contributed by atoms with Crippen molar-refractivity contribution in [3.05, 3.63) is 29.1 Å². The molecule has 16 heavy (non-hydrogen) atoms. The third-order valence-corrected chi connectivity index (χ3v) is 2.50. The molecule has 1 aliphatic rings. The normalized spacial score (nSPS) is 17.4. The maximum Gasteiger partial charge on any atom is 0.430 e. The Bertz CT molecular complexity index is 459. The highest BCUT2D eigenvalue weighted by Gasteiger charge is 2.32. The van der Waals surface area contributed by atoms with Gasteiger partial charge in [0.25, 0.3) is 0 Å². The van der Waals surface area contributed by atoms with Crippen molar-refractivity contribution in [2.45, 2.75) is 12.7 Å². The second kappa shape index (κ2) is 3.46. The highest BCUT2D eigenvalue weighted by molar-refractivity contribution is 6.59. The SMILES string of the molecule is O=C(O)c1c(F)ccc2c1O[B-](O)(O)CC2. The number of aromatic carboxylic acids is 1. The zero-order valence-corrected chi connectivity index (χ0v) is 8.18. The molecule has 1 heterocycles. The average molecular weight is 227 g/mol. The topological polar surface area (TPSA) is 87.0 Å². The largest absolute Gasteiger partial charge is 0.669 e. The van der Waals surface area contributed by atoms with E-state index in [0.29, 0.717) is 5.56 Å². The van der Waals surface area contributed by atoms with Crippen molar-refractivity contribution in [1.29, 1.82) is 0 Å². The van der Waals surface area contributed by atoms with E-state index in [9.17, 15) is 19.2 Å². The smallest absolute Gasteiger partial charge is 0.430 e. The first-order chi connectivity index (χ1) is 7.41. The van der Waals surface area contributed by atoms with Crippen LogP contribution in [-0.4, -0.2) is 27.9 Å². The highest BCUT2D eigenvalue weighted by Crippen LogP contribution is 2.34. The molecule has 86 valence electrons. The standard InChI is InChI=1S/C9H9BFO5/c11-6-2-1-5-3-4-10(14,15)16-8(5)7(6)9(12)13/h1-2,14-15H,3-4H2,(H,12,13)/q-1. The van der Waals surface area contributed by atoms with Crippen molar-refractivity contribution in [2.75, 3.05) is 0 Å². The van der Waals surface area contributed by atoms with Gasteiger partial charge >= 0.3 is 12.7 Å². The molecule has 3 N–H and O–H groups in total. The second-order valence-corrected chi connectivity index (χ2v) is 3.73. The van der Waals surface area contributed by atoms with Gasteiger partial charge in [0.2, 0.25) is 0 Å². The Balaban J connectivity index is 2.58. The minimum absolute atomic E-state index is 0.0301. The molecular weight excluding hydrogens is 218 g/mol. The molecule has 1 aromatic carbocycles. The fourth-order valence-electron chi connectivity index (χ4n) is 1.72. The van der Waals surface area contributed by atoms with Gasteiger partial charge in [0.1, 0.15) is 11.4 Å². The lowest BCUT2D eigenvalue weighted by Crippen LogP contribution is -2.45. The predicted octanol–water partition coefficient (Wildman–Crippen LogP) is 0.382. The zero-order chi connectivity index (χ0) is 11.9. The van der Waals surface area contributed by atoms with Gasteiger partial charge in [-0.15, -0.1) is 0 Å². The quantitative estimate of drug-likeness (QED) is 0.603. The molecule has 1 aromatic rings. The Hall–Kier alpha value is -1.60. The van der Waals surface area contributed by atoms with E-state index in [-0.39, 0.29) is 18.5 Å². The number of carbonyl (C=O) groups is 1. The van der Waals surface area contributed by atoms with Crippen molar-refractivity contribution >= 4 is 12.7 Å². The number of hydrogen-bond donors (Lipinski definition) is 3. The van der Waals surface area contributed by atoms with E-state index in [1.165, 1.54) is 6.07 Å². The Morgan fingerprint density at radius 1 is 1.44 bits per heavy atom. The molecule has 0 amide bonds. The van der Waals surface area contributed by atoms with E-state index in [0.717, 1.165) is 6.07 Å². The van der Waals surface area contributed by atoms with Crippen LogP contribution < -0.4 is 4.65 Å². The molecule has 0 aromatic heterocycles. The molecule has 5 nitrogen and oxygen atoms in total. The van der Waals surface area contributed by atoms with E-state index >= 15 is 0 Å². The first kappa shape index (κ1) is 10.9. The third-order valence-electron chi connectivity index (χ3n) is 2.50. The molecule has 0 aliphatic carbocycles. The zero-order valence-electron chi connectivity index (χ0n) is 8.18. The van der Waals surface area contributed by atoms with Gasteiger partial charge in [0.05, 0.1) is 5.75 Å². The van der Waals surface area contributed by atoms with Gasteiger partial charge in [0, 0.05) is 0 Å². The average Bonchev–Trinajstić information content (AvgIpc) is 2.15. The fraction of sp³-hybridized carbons (Fsp3) is 0.222. The summed E-state index contributed by atoms with van der Waals surface area (Å²) >= 11 is 0. The van der Waals surface area contributed by atoms with Crippen LogP contribution in [0, 0.1) is 5.82 Å². The van der Waals surface area contributed by atoms with Gasteiger partial charge in [-0.3, -0.25) is 0 Å². The lowest BCUT2D eigenvalue weighted by Gasteiger charge is -2.37. The Morgan fingerprint density at radius 3 is 2.75 bits per heavy atom. The van der Waals surface area contributed by atoms with E-state index < -0.39 is 24.1 Å². The maximum atomic E-state index is 13.3. The molecule has 2 rings (SSSR count). The summed E-state index contributed by atoms with van der Waals surface area (Å²) in [6.45, 7) is -3.08. The number of benzene rings is 1. The van der Waals surface area contributed by atoms with Gasteiger partial charge in [0.15, 0.2) is 0 Å². The minimum atomic E-state index is -3.08. The van der Waals surface area contributed by atoms with Crippen molar-refractivity contribution in [2.24, 2.45) is 0 Å². The van der Waals surface area contributed by atoms with Crippen molar-refractivity contribution in [1.82, 2.24) is 0 Å². The third kappa shape index (κ3) is 1.75. The maximum absolute atomic E-state index is 13.3. The van der Waals surface area contributed by atoms with Crippen molar-refractivity contribution in [3.63, 3.8) is 0 Å². The molecule has 0 saturated carbocycles. The molecule has 1 aliphatic heterocycles. The number of halogens is 1. The number of carboxylic acids is 1. The summed E-state index contributed by atoms with van der Waals surface area (Å²) in [6, 6.07) is 2.41. The molecule has 0 fully saturated rings. The van der Waals surface area contributed by atoms with Crippen LogP contribution in [0.5, 0.6) is 5.75 Å². The molecule has 0 saturated heterocycles. The van der Waals surface area contributed by atoms with Crippen LogP contribution in [0.2, 0.25) is 6.32 Å². The lowest BCUT2D eigenvalue weighted by atomic mass is 9.70. The molecule has 7 heteroatoms. The Labute approximate surface area is 90.1 Å². The van der Waals surface area contributed by atoms with E-state index in [1.54, 1.807) is 0 Å². The summed E-state index contributed by atoms with van der Waals surface area (Å²) < 4.78 is 18.0. The number of carboxylic acid groups (broad SMARTS) is 1. The molecule has 0 radical (unpaired) electrons. The molecular formula is C9H9BFO5-. The first-order valence-corrected chi connectivity index (χ1v) is 4.75. The number of rotatable bonds is 1. The minimum Gasteiger partial charge on any atom is -0.669 e. The number of hydrogen-bond acceptors (Lipinski definition) is 4. The van der Waals surface area contributed by atoms with Crippen LogP contribution >= 0.6 is 0 Å². The van der Waals surface area contributed by atoms with Crippen LogP contribution in [0.25, 0.3) is 0 Å². The number of aryl methyl sites for hydroxylation is 1. The first-order valence-electron chi connectivity index (χ1n) is 4.75. The lowest BCUT2D eigenvalue weighted by molar-refractivity contribution is 0.0688. The van der Waals surface area contributed by atoms with Gasteiger partial charge < -0.3 is 19.8 Å². The Morgan fingerprint density at radius 2 is 2.12 bits per heavy atom. The van der Waals surface area contributed by atoms with Gasteiger partial charge in [-0.1, -0.05) is 12.4 Å². The summed E-state index contributed by atoms with van der Waals surface area (Å²) in [5, 5.41) is 27.4. The summed E-state index contributed by atoms with van der Waals surface area (Å²) in [5.74, 6) is -2.74. The van der Waals surface area contributed by atoms with E-state index in [2.05, 4.69) is 0 Å². The monoisotopic (exact) mass is 227 g/mol. The second-order valence-electron chi connectivity index (χ2n) is 3.73. The van der Waals surface area contributed by atoms with Crippen LogP contribution in [-0.2, 0) is 6.42 Å². The van der Waals surface area contributed by atoms with Gasteiger partial charge in [-0.2, -0.15) is 0 Å². The van der Waals surface area contributed by atoms with E-state index in [1.807, 2.05) is 0 Å². The highest BCUT2D eigenvalue weighted by atomic mass is 19.1. The molecule has 0 spiro atoms. The van der Waals surface area contributed by atoms with Crippen LogP contribution in [0.15, 0.2) is 12.1 Å². The summed E-state index contributed by atoms with van der Waals surface area (Å²) in [7, 11) is 0. The van der Waals surface area contributed by atoms with Crippen LogP contribution in [0.4, 0.5) is 4.39 Å². The molecule has 0 bridgehead atoms. The molecule has 0 atom stereocenters. The van der Waals surface area contributed by atoms with Crippen molar-refractivity contribution < 1.29 is 29.0 Å². The van der Waals surface area contributed by atoms with Crippen molar-refractivity contribution in [3.8, 4) is 5.75 Å². The summed E-state index contributed by atoms with van der Waals surface area (Å²) in [4.78, 5) is 10.8. The fourth-order valence-corrected chi connectivity index (χ4v) is 1.72. The van der Waals surface area contributed by atoms with Crippen LogP contribution in [0.1, 0.15) is 15.9 Å². The van der Waals surface area contributed by atoms with E-state index in [4.69, 9.17) is 9.76 Å².